The van der Waals surface area contributed by atoms with Crippen molar-refractivity contribution in [1.29, 1.82) is 0 Å². The number of nitrogens with zero attached hydrogens (tertiary/aromatic N) is 1. The molecule has 1 heterocycles. The van der Waals surface area contributed by atoms with Crippen LogP contribution in [0.5, 0.6) is 11.5 Å². The Balaban J connectivity index is 1.46. The second kappa shape index (κ2) is 12.0. The number of halogens is 2. The summed E-state index contributed by atoms with van der Waals surface area (Å²) in [6, 6.07) is 21.5. The maximum atomic E-state index is 14.2. The van der Waals surface area contributed by atoms with Crippen LogP contribution in [0.25, 0.3) is 0 Å². The topological polar surface area (TPSA) is 55.8 Å². The van der Waals surface area contributed by atoms with E-state index < -0.39 is 5.92 Å². The van der Waals surface area contributed by atoms with E-state index in [-0.39, 0.29) is 29.0 Å². The van der Waals surface area contributed by atoms with Gasteiger partial charge in [0, 0.05) is 47.8 Å². The minimum absolute atomic E-state index is 0.104. The van der Waals surface area contributed by atoms with E-state index in [1.54, 1.807) is 19.2 Å². The molecule has 234 valence electrons. The summed E-state index contributed by atoms with van der Waals surface area (Å²) in [4.78, 5) is 30.6. The van der Waals surface area contributed by atoms with E-state index in [4.69, 9.17) is 32.7 Å². The number of carbonyl (C=O) groups is 2. The number of hydrogen-bond acceptors (Lipinski definition) is 5. The van der Waals surface area contributed by atoms with Gasteiger partial charge in [0.1, 0.15) is 6.61 Å². The van der Waals surface area contributed by atoms with Gasteiger partial charge >= 0.3 is 0 Å². The molecular formula is C38H39Cl2NO4. The fraction of sp³-hybridized carbons (Fsp3) is 0.368. The van der Waals surface area contributed by atoms with Crippen LogP contribution < -0.4 is 9.47 Å². The molecular weight excluding hydrogens is 605 g/mol. The quantitative estimate of drug-likeness (QED) is 0.257. The van der Waals surface area contributed by atoms with Gasteiger partial charge in [-0.2, -0.15) is 0 Å². The predicted molar refractivity (Wildman–Crippen MR) is 179 cm³/mol. The van der Waals surface area contributed by atoms with E-state index in [0.29, 0.717) is 40.9 Å². The van der Waals surface area contributed by atoms with E-state index in [1.165, 1.54) is 0 Å². The highest BCUT2D eigenvalue weighted by molar-refractivity contribution is 6.42. The van der Waals surface area contributed by atoms with Crippen molar-refractivity contribution in [2.75, 3.05) is 7.11 Å². The Hall–Kier alpha value is -3.54. The van der Waals surface area contributed by atoms with Gasteiger partial charge in [0.05, 0.1) is 17.2 Å². The monoisotopic (exact) mass is 643 g/mol. The van der Waals surface area contributed by atoms with E-state index >= 15 is 0 Å². The lowest BCUT2D eigenvalue weighted by atomic mass is 9.63. The van der Waals surface area contributed by atoms with Crippen molar-refractivity contribution >= 4 is 34.8 Å². The Morgan fingerprint density at radius 2 is 1.36 bits per heavy atom. The molecule has 45 heavy (non-hydrogen) atoms. The molecule has 0 N–H and O–H groups in total. The molecule has 2 aliphatic carbocycles. The summed E-state index contributed by atoms with van der Waals surface area (Å²) in [6.07, 6.45) is 2.38. The van der Waals surface area contributed by atoms with Crippen molar-refractivity contribution in [2.45, 2.75) is 72.4 Å². The van der Waals surface area contributed by atoms with Gasteiger partial charge in [-0.1, -0.05) is 93.4 Å². The molecule has 0 atom stereocenters. The zero-order valence-electron chi connectivity index (χ0n) is 26.5. The smallest absolute Gasteiger partial charge is 0.162 e. The Kier molecular flexibility index (Phi) is 8.38. The number of allylic oxidation sites excluding steroid dienone is 4. The summed E-state index contributed by atoms with van der Waals surface area (Å²) in [5.74, 6) is 0.840. The fourth-order valence-corrected chi connectivity index (χ4v) is 7.43. The highest BCUT2D eigenvalue weighted by Gasteiger charge is 2.49. The van der Waals surface area contributed by atoms with Gasteiger partial charge in [-0.25, -0.2) is 0 Å². The van der Waals surface area contributed by atoms with Crippen molar-refractivity contribution in [2.24, 2.45) is 10.8 Å². The van der Waals surface area contributed by atoms with Gasteiger partial charge < -0.3 is 14.4 Å². The summed E-state index contributed by atoms with van der Waals surface area (Å²) >= 11 is 12.3. The maximum Gasteiger partial charge on any atom is 0.162 e. The van der Waals surface area contributed by atoms with Crippen LogP contribution >= 0.6 is 23.2 Å². The standard InChI is InChI=1S/C38H39Cl2NO4/c1-37(2)17-28-35(30(42)19-37)34(25-12-14-32(33(16-25)44-5)45-22-24-11-13-26(39)27(40)15-24)36-29(18-38(3,4)20-31(36)43)41(28)21-23-9-7-6-8-10-23/h6-16,34H,17-22H2,1-5H3. The molecule has 0 amide bonds. The minimum Gasteiger partial charge on any atom is -0.493 e. The number of carbonyl (C=O) groups excluding carboxylic acids is 2. The third kappa shape index (κ3) is 6.30. The Morgan fingerprint density at radius 3 is 1.93 bits per heavy atom. The van der Waals surface area contributed by atoms with E-state index in [2.05, 4.69) is 44.7 Å². The first-order valence-corrected chi connectivity index (χ1v) is 16.2. The molecule has 3 aliphatic rings. The summed E-state index contributed by atoms with van der Waals surface area (Å²) in [7, 11) is 1.60. The van der Waals surface area contributed by atoms with Crippen LogP contribution in [-0.2, 0) is 22.7 Å². The van der Waals surface area contributed by atoms with Crippen LogP contribution in [0.4, 0.5) is 0 Å². The van der Waals surface area contributed by atoms with Gasteiger partial charge in [-0.05, 0) is 64.6 Å². The van der Waals surface area contributed by atoms with Crippen LogP contribution in [-0.4, -0.2) is 23.6 Å². The first kappa shape index (κ1) is 31.4. The Morgan fingerprint density at radius 1 is 0.733 bits per heavy atom. The van der Waals surface area contributed by atoms with Crippen LogP contribution in [0.2, 0.25) is 10.0 Å². The van der Waals surface area contributed by atoms with Crippen molar-refractivity contribution < 1.29 is 19.1 Å². The number of benzene rings is 3. The highest BCUT2D eigenvalue weighted by atomic mass is 35.5. The number of ketones is 2. The molecule has 0 saturated carbocycles. The highest BCUT2D eigenvalue weighted by Crippen LogP contribution is 2.55. The van der Waals surface area contributed by atoms with Gasteiger partial charge in [-0.3, -0.25) is 9.59 Å². The average Bonchev–Trinajstić information content (AvgIpc) is 2.97. The van der Waals surface area contributed by atoms with E-state index in [9.17, 15) is 9.59 Å². The van der Waals surface area contributed by atoms with Crippen molar-refractivity contribution in [1.82, 2.24) is 4.90 Å². The second-order valence-corrected chi connectivity index (χ2v) is 14.9. The normalized spacial score (nSPS) is 19.4. The molecule has 6 rings (SSSR count). The Bertz CT molecular complexity index is 1680. The molecule has 3 aromatic rings. The lowest BCUT2D eigenvalue weighted by molar-refractivity contribution is -0.119. The lowest BCUT2D eigenvalue weighted by Crippen LogP contribution is -2.44. The zero-order chi connectivity index (χ0) is 32.1. The number of Topliss-reactive ketones (excluding diaryl/α,β-unsaturated/α-hetero) is 2. The van der Waals surface area contributed by atoms with Gasteiger partial charge in [0.2, 0.25) is 0 Å². The van der Waals surface area contributed by atoms with Crippen molar-refractivity contribution in [3.8, 4) is 11.5 Å². The van der Waals surface area contributed by atoms with Gasteiger partial charge in [0.15, 0.2) is 23.1 Å². The molecule has 0 aromatic heterocycles. The molecule has 0 saturated heterocycles. The van der Waals surface area contributed by atoms with E-state index in [0.717, 1.165) is 52.1 Å². The fourth-order valence-electron chi connectivity index (χ4n) is 7.11. The third-order valence-electron chi connectivity index (χ3n) is 9.10. The minimum atomic E-state index is -0.466. The predicted octanol–water partition coefficient (Wildman–Crippen LogP) is 9.47. The van der Waals surface area contributed by atoms with Crippen LogP contribution in [0.3, 0.4) is 0 Å². The molecule has 3 aromatic carbocycles. The number of ether oxygens (including phenoxy) is 2. The van der Waals surface area contributed by atoms with Crippen LogP contribution in [0.15, 0.2) is 89.3 Å². The number of methoxy groups -OCH3 is 1. The molecule has 0 fully saturated rings. The SMILES string of the molecule is COc1cc(C2C3=C(CC(C)(C)CC3=O)N(Cc3ccccc3)C3=C2C(=O)CC(C)(C)C3)ccc1OCc1ccc(Cl)c(Cl)c1. The van der Waals surface area contributed by atoms with Crippen LogP contribution in [0.1, 0.15) is 76.0 Å². The molecule has 1 aliphatic heterocycles. The van der Waals surface area contributed by atoms with E-state index in [1.807, 2.05) is 42.5 Å². The van der Waals surface area contributed by atoms with Gasteiger partial charge in [0.25, 0.3) is 0 Å². The molecule has 0 unspecified atom stereocenters. The molecule has 0 radical (unpaired) electrons. The average molecular weight is 645 g/mol. The Labute approximate surface area is 275 Å². The second-order valence-electron chi connectivity index (χ2n) is 14.1. The number of rotatable bonds is 7. The molecule has 0 bridgehead atoms. The first-order chi connectivity index (χ1) is 21.4. The zero-order valence-corrected chi connectivity index (χ0v) is 28.0. The summed E-state index contributed by atoms with van der Waals surface area (Å²) in [6.45, 7) is 9.53. The third-order valence-corrected chi connectivity index (χ3v) is 9.84. The largest absolute Gasteiger partial charge is 0.493 e. The number of hydrogen-bond donors (Lipinski definition) is 0. The molecule has 7 heteroatoms. The van der Waals surface area contributed by atoms with Crippen molar-refractivity contribution in [3.63, 3.8) is 0 Å². The van der Waals surface area contributed by atoms with Gasteiger partial charge in [-0.15, -0.1) is 0 Å². The van der Waals surface area contributed by atoms with Crippen molar-refractivity contribution in [3.05, 3.63) is 116 Å². The molecule has 5 nitrogen and oxygen atoms in total. The first-order valence-electron chi connectivity index (χ1n) is 15.4. The maximum absolute atomic E-state index is 14.2. The summed E-state index contributed by atoms with van der Waals surface area (Å²) < 4.78 is 12.0. The lowest BCUT2D eigenvalue weighted by Gasteiger charge is -2.49. The summed E-state index contributed by atoms with van der Waals surface area (Å²) in [5.41, 5.74) is 6.04. The molecule has 0 spiro atoms. The summed E-state index contributed by atoms with van der Waals surface area (Å²) in [5, 5.41) is 0.952. The van der Waals surface area contributed by atoms with Crippen LogP contribution in [0, 0.1) is 10.8 Å².